The Balaban J connectivity index is 2.24. The monoisotopic (exact) mass is 341 g/mol. The number of non-ortho nitro benzene ring substituents is 1. The molecule has 1 aliphatic heterocycles. The molecule has 0 amide bonds. The van der Waals surface area contributed by atoms with Gasteiger partial charge in [-0.15, -0.1) is 0 Å². The van der Waals surface area contributed by atoms with Crippen LogP contribution in [0.3, 0.4) is 0 Å². The normalized spacial score (nSPS) is 17.9. The molecular weight excluding hydrogens is 318 g/mol. The van der Waals surface area contributed by atoms with Crippen LogP contribution in [0.5, 0.6) is 0 Å². The predicted octanol–water partition coefficient (Wildman–Crippen LogP) is 1.88. The Labute approximate surface area is 136 Å². The maximum Gasteiger partial charge on any atom is 0.270 e. The average molecular weight is 341 g/mol. The van der Waals surface area contributed by atoms with Crippen LogP contribution in [0, 0.1) is 29.4 Å². The topological polar surface area (TPSA) is 101 Å². The van der Waals surface area contributed by atoms with Crippen molar-refractivity contribution in [1.29, 1.82) is 0 Å². The first-order valence-corrected chi connectivity index (χ1v) is 9.09. The highest BCUT2D eigenvalue weighted by Crippen LogP contribution is 2.29. The summed E-state index contributed by atoms with van der Waals surface area (Å²) < 4.78 is 28.0. The number of hydrogen-bond donors (Lipinski definition) is 2. The van der Waals surface area contributed by atoms with E-state index in [-0.39, 0.29) is 16.0 Å². The number of piperidine rings is 1. The number of sulfonamides is 1. The van der Waals surface area contributed by atoms with Gasteiger partial charge in [0.1, 0.15) is 0 Å². The van der Waals surface area contributed by atoms with Crippen molar-refractivity contribution in [2.45, 2.75) is 38.5 Å². The predicted molar refractivity (Wildman–Crippen MR) is 88.0 cm³/mol. The van der Waals surface area contributed by atoms with E-state index < -0.39 is 14.9 Å². The maximum atomic E-state index is 12.6. The van der Waals surface area contributed by atoms with Gasteiger partial charge in [0.2, 0.25) is 10.0 Å². The molecular formula is C15H23N3O4S. The molecule has 0 aromatic heterocycles. The van der Waals surface area contributed by atoms with E-state index in [1.807, 2.05) is 0 Å². The van der Waals surface area contributed by atoms with Gasteiger partial charge in [-0.2, -0.15) is 0 Å². The summed E-state index contributed by atoms with van der Waals surface area (Å²) in [6, 6.07) is 2.60. The van der Waals surface area contributed by atoms with Crippen molar-refractivity contribution in [1.82, 2.24) is 10.0 Å². The molecule has 1 aromatic carbocycles. The molecule has 1 saturated heterocycles. The van der Waals surface area contributed by atoms with Crippen LogP contribution in [0.25, 0.3) is 0 Å². The third-order valence-corrected chi connectivity index (χ3v) is 6.13. The summed E-state index contributed by atoms with van der Waals surface area (Å²) in [6.07, 6.45) is 1.82. The minimum atomic E-state index is -3.69. The van der Waals surface area contributed by atoms with Crippen molar-refractivity contribution < 1.29 is 13.3 Å². The molecule has 1 aromatic rings. The van der Waals surface area contributed by atoms with Crippen molar-refractivity contribution in [2.75, 3.05) is 19.6 Å². The largest absolute Gasteiger partial charge is 0.317 e. The molecule has 1 heterocycles. The number of nitro groups is 1. The highest BCUT2D eigenvalue weighted by molar-refractivity contribution is 7.89. The number of aryl methyl sites for hydroxylation is 2. The SMILES string of the molecule is Cc1cc([N+](=O)[O-])cc(C)c1S(=O)(=O)NCC1(C)CCNCC1. The quantitative estimate of drug-likeness (QED) is 0.629. The van der Waals surface area contributed by atoms with E-state index in [1.54, 1.807) is 13.8 Å². The lowest BCUT2D eigenvalue weighted by molar-refractivity contribution is -0.385. The van der Waals surface area contributed by atoms with E-state index >= 15 is 0 Å². The Morgan fingerprint density at radius 1 is 1.26 bits per heavy atom. The van der Waals surface area contributed by atoms with Crippen LogP contribution >= 0.6 is 0 Å². The summed E-state index contributed by atoms with van der Waals surface area (Å²) in [5.41, 5.74) is 0.615. The lowest BCUT2D eigenvalue weighted by Gasteiger charge is -2.34. The summed E-state index contributed by atoms with van der Waals surface area (Å²) in [5, 5.41) is 14.1. The Kier molecular flexibility index (Phi) is 5.07. The van der Waals surface area contributed by atoms with Gasteiger partial charge >= 0.3 is 0 Å². The van der Waals surface area contributed by atoms with Gasteiger partial charge in [-0.1, -0.05) is 6.92 Å². The molecule has 128 valence electrons. The van der Waals surface area contributed by atoms with Gasteiger partial charge in [0, 0.05) is 18.7 Å². The second-order valence-electron chi connectivity index (χ2n) is 6.55. The van der Waals surface area contributed by atoms with Crippen molar-refractivity contribution in [3.63, 3.8) is 0 Å². The summed E-state index contributed by atoms with van der Waals surface area (Å²) >= 11 is 0. The van der Waals surface area contributed by atoms with Crippen LogP contribution in [-0.4, -0.2) is 33.0 Å². The van der Waals surface area contributed by atoms with Crippen molar-refractivity contribution in [3.8, 4) is 0 Å². The summed E-state index contributed by atoms with van der Waals surface area (Å²) in [4.78, 5) is 10.5. The molecule has 0 saturated carbocycles. The Bertz CT molecular complexity index is 686. The van der Waals surface area contributed by atoms with Crippen LogP contribution in [0.15, 0.2) is 17.0 Å². The lowest BCUT2D eigenvalue weighted by atomic mass is 9.81. The molecule has 0 unspecified atom stereocenters. The van der Waals surface area contributed by atoms with Crippen LogP contribution in [-0.2, 0) is 10.0 Å². The van der Waals surface area contributed by atoms with Crippen LogP contribution in [0.4, 0.5) is 5.69 Å². The van der Waals surface area contributed by atoms with Gasteiger partial charge in [0.25, 0.3) is 5.69 Å². The zero-order valence-electron chi connectivity index (χ0n) is 13.7. The van der Waals surface area contributed by atoms with Crippen LogP contribution in [0.1, 0.15) is 30.9 Å². The molecule has 0 radical (unpaired) electrons. The van der Waals surface area contributed by atoms with Gasteiger partial charge in [0.15, 0.2) is 0 Å². The third-order valence-electron chi connectivity index (χ3n) is 4.42. The highest BCUT2D eigenvalue weighted by atomic mass is 32.2. The van der Waals surface area contributed by atoms with E-state index in [9.17, 15) is 18.5 Å². The molecule has 0 atom stereocenters. The third kappa shape index (κ3) is 4.07. The van der Waals surface area contributed by atoms with Crippen molar-refractivity contribution >= 4 is 15.7 Å². The van der Waals surface area contributed by atoms with E-state index in [0.717, 1.165) is 25.9 Å². The van der Waals surface area contributed by atoms with E-state index in [2.05, 4.69) is 17.0 Å². The fourth-order valence-corrected chi connectivity index (χ4v) is 4.65. The Hall–Kier alpha value is -1.51. The van der Waals surface area contributed by atoms with Crippen LogP contribution < -0.4 is 10.0 Å². The number of nitrogens with one attached hydrogen (secondary N) is 2. The molecule has 23 heavy (non-hydrogen) atoms. The highest BCUT2D eigenvalue weighted by Gasteiger charge is 2.30. The number of nitro benzene ring substituents is 1. The summed E-state index contributed by atoms with van der Waals surface area (Å²) in [6.45, 7) is 7.38. The van der Waals surface area contributed by atoms with E-state index in [1.165, 1.54) is 12.1 Å². The van der Waals surface area contributed by atoms with Crippen LogP contribution in [0.2, 0.25) is 0 Å². The number of nitrogens with zero attached hydrogens (tertiary/aromatic N) is 1. The number of hydrogen-bond acceptors (Lipinski definition) is 5. The first-order chi connectivity index (χ1) is 10.6. The standard InChI is InChI=1S/C15H23N3O4S/c1-11-8-13(18(19)20)9-12(2)14(11)23(21,22)17-10-15(3)4-6-16-7-5-15/h8-9,16-17H,4-7,10H2,1-3H3. The van der Waals surface area contributed by atoms with Gasteiger partial charge in [-0.3, -0.25) is 10.1 Å². The molecule has 8 heteroatoms. The smallest absolute Gasteiger partial charge is 0.270 e. The first-order valence-electron chi connectivity index (χ1n) is 7.61. The second-order valence-corrected chi connectivity index (χ2v) is 8.25. The zero-order valence-corrected chi connectivity index (χ0v) is 14.5. The number of rotatable bonds is 5. The Morgan fingerprint density at radius 2 is 1.78 bits per heavy atom. The van der Waals surface area contributed by atoms with E-state index in [0.29, 0.717) is 17.7 Å². The summed E-state index contributed by atoms with van der Waals surface area (Å²) in [7, 11) is -3.69. The first kappa shape index (κ1) is 17.8. The molecule has 1 aliphatic rings. The molecule has 0 spiro atoms. The fraction of sp³-hybridized carbons (Fsp3) is 0.600. The van der Waals surface area contributed by atoms with Gasteiger partial charge in [-0.25, -0.2) is 13.1 Å². The van der Waals surface area contributed by atoms with E-state index in [4.69, 9.17) is 0 Å². The average Bonchev–Trinajstić information content (AvgIpc) is 2.45. The minimum Gasteiger partial charge on any atom is -0.317 e. The summed E-state index contributed by atoms with van der Waals surface area (Å²) in [5.74, 6) is 0. The second kappa shape index (κ2) is 6.54. The number of benzene rings is 1. The van der Waals surface area contributed by atoms with Gasteiger partial charge < -0.3 is 5.32 Å². The maximum absolute atomic E-state index is 12.6. The minimum absolute atomic E-state index is 0.0685. The molecule has 7 nitrogen and oxygen atoms in total. The van der Waals surface area contributed by atoms with Gasteiger partial charge in [0.05, 0.1) is 9.82 Å². The van der Waals surface area contributed by atoms with Crippen molar-refractivity contribution in [3.05, 3.63) is 33.4 Å². The van der Waals surface area contributed by atoms with Crippen molar-refractivity contribution in [2.24, 2.45) is 5.41 Å². The fourth-order valence-electron chi connectivity index (χ4n) is 3.01. The molecule has 2 rings (SSSR count). The van der Waals surface area contributed by atoms with Gasteiger partial charge in [-0.05, 0) is 56.3 Å². The molecule has 1 fully saturated rings. The molecule has 0 aliphatic carbocycles. The molecule has 0 bridgehead atoms. The zero-order chi connectivity index (χ0) is 17.3. The lowest BCUT2D eigenvalue weighted by Crippen LogP contribution is -2.43. The molecule has 2 N–H and O–H groups in total. The Morgan fingerprint density at radius 3 is 2.26 bits per heavy atom.